The Morgan fingerprint density at radius 3 is 2.41 bits per heavy atom. The van der Waals surface area contributed by atoms with Gasteiger partial charge in [0.15, 0.2) is 0 Å². The van der Waals surface area contributed by atoms with E-state index in [0.29, 0.717) is 5.92 Å². The first-order valence-electron chi connectivity index (χ1n) is 7.81. The van der Waals surface area contributed by atoms with Crippen molar-refractivity contribution in [2.24, 2.45) is 0 Å². The number of hydrogen-bond acceptors (Lipinski definition) is 3. The maximum absolute atomic E-state index is 11.6. The zero-order valence-electron chi connectivity index (χ0n) is 13.5. The van der Waals surface area contributed by atoms with E-state index < -0.39 is 11.4 Å². The summed E-state index contributed by atoms with van der Waals surface area (Å²) in [5.74, 6) is 0.559. The summed E-state index contributed by atoms with van der Waals surface area (Å²) in [6, 6.07) is 6.19. The smallest absolute Gasteiger partial charge is 0.314 e. The molecular weight excluding hydrogens is 296 g/mol. The lowest BCUT2D eigenvalue weighted by atomic mass is 9.95. The average molecular weight is 318 g/mol. The highest BCUT2D eigenvalue weighted by Crippen LogP contribution is 2.51. The van der Waals surface area contributed by atoms with Crippen LogP contribution in [0, 0.1) is 0 Å². The third-order valence-corrected chi connectivity index (χ3v) is 5.64. The Labute approximate surface area is 134 Å². The van der Waals surface area contributed by atoms with Crippen molar-refractivity contribution in [1.82, 2.24) is 0 Å². The fourth-order valence-corrected chi connectivity index (χ4v) is 3.91. The van der Waals surface area contributed by atoms with Crippen molar-refractivity contribution in [2.45, 2.75) is 58.0 Å². The van der Waals surface area contributed by atoms with Crippen molar-refractivity contribution in [3.63, 3.8) is 0 Å². The van der Waals surface area contributed by atoms with E-state index in [-0.39, 0.29) is 6.10 Å². The highest BCUT2D eigenvalue weighted by Gasteiger charge is 2.52. The molecule has 1 N–H and O–H groups in total. The van der Waals surface area contributed by atoms with Crippen LogP contribution in [0.2, 0.25) is 0 Å². The Morgan fingerprint density at radius 2 is 1.91 bits per heavy atom. The largest absolute Gasteiger partial charge is 0.490 e. The number of carboxylic acids is 1. The van der Waals surface area contributed by atoms with E-state index in [1.165, 1.54) is 4.88 Å². The molecule has 3 rings (SSSR count). The number of aliphatic carboxylic acids is 1. The van der Waals surface area contributed by atoms with Crippen LogP contribution in [0.5, 0.6) is 5.75 Å². The molecule has 0 saturated heterocycles. The van der Waals surface area contributed by atoms with Gasteiger partial charge in [-0.05, 0) is 56.4 Å². The number of carboxylic acid groups (broad SMARTS) is 1. The SMILES string of the molecule is CC(C)Oc1cc(C2(C(=O)O)CC2)cc2sc(C(C)C)cc12. The quantitative estimate of drug-likeness (QED) is 0.850. The molecule has 0 aliphatic heterocycles. The molecule has 3 nitrogen and oxygen atoms in total. The van der Waals surface area contributed by atoms with Gasteiger partial charge in [-0.25, -0.2) is 0 Å². The first kappa shape index (κ1) is 15.3. The van der Waals surface area contributed by atoms with E-state index in [1.54, 1.807) is 11.3 Å². The van der Waals surface area contributed by atoms with Gasteiger partial charge in [0.05, 0.1) is 11.5 Å². The number of fused-ring (bicyclic) bond motifs is 1. The molecule has 1 aliphatic carbocycles. The molecule has 0 amide bonds. The van der Waals surface area contributed by atoms with Crippen LogP contribution in [0.1, 0.15) is 56.9 Å². The van der Waals surface area contributed by atoms with Crippen molar-refractivity contribution >= 4 is 27.4 Å². The van der Waals surface area contributed by atoms with Gasteiger partial charge in [0, 0.05) is 15.0 Å². The summed E-state index contributed by atoms with van der Waals surface area (Å²) in [6.45, 7) is 8.35. The summed E-state index contributed by atoms with van der Waals surface area (Å²) in [7, 11) is 0. The van der Waals surface area contributed by atoms with Gasteiger partial charge in [-0.1, -0.05) is 13.8 Å². The molecule has 4 heteroatoms. The molecule has 1 aromatic heterocycles. The lowest BCUT2D eigenvalue weighted by molar-refractivity contribution is -0.140. The zero-order chi connectivity index (χ0) is 16.1. The van der Waals surface area contributed by atoms with Gasteiger partial charge in [-0.15, -0.1) is 11.3 Å². The predicted molar refractivity (Wildman–Crippen MR) is 90.2 cm³/mol. The van der Waals surface area contributed by atoms with E-state index in [9.17, 15) is 9.90 Å². The molecule has 0 atom stereocenters. The molecular formula is C18H22O3S. The van der Waals surface area contributed by atoms with Crippen LogP contribution in [0.3, 0.4) is 0 Å². The Balaban J connectivity index is 2.17. The number of thiophene rings is 1. The van der Waals surface area contributed by atoms with Crippen LogP contribution in [0.25, 0.3) is 10.1 Å². The summed E-state index contributed by atoms with van der Waals surface area (Å²) in [4.78, 5) is 12.9. The van der Waals surface area contributed by atoms with Crippen LogP contribution in [0.4, 0.5) is 0 Å². The Hall–Kier alpha value is -1.55. The second-order valence-electron chi connectivity index (χ2n) is 6.74. The Kier molecular flexibility index (Phi) is 3.68. The molecule has 1 saturated carbocycles. The van der Waals surface area contributed by atoms with Crippen LogP contribution >= 0.6 is 11.3 Å². The van der Waals surface area contributed by atoms with Crippen molar-refractivity contribution in [2.75, 3.05) is 0 Å². The van der Waals surface area contributed by atoms with Crippen molar-refractivity contribution in [3.8, 4) is 5.75 Å². The summed E-state index contributed by atoms with van der Waals surface area (Å²) in [5, 5.41) is 10.7. The molecule has 1 fully saturated rings. The van der Waals surface area contributed by atoms with Crippen LogP contribution in [0.15, 0.2) is 18.2 Å². The van der Waals surface area contributed by atoms with Crippen molar-refractivity contribution in [1.29, 1.82) is 0 Å². The Bertz CT molecular complexity index is 723. The van der Waals surface area contributed by atoms with Gasteiger partial charge in [-0.3, -0.25) is 4.79 Å². The fraction of sp³-hybridized carbons (Fsp3) is 0.500. The maximum atomic E-state index is 11.6. The molecule has 0 bridgehead atoms. The predicted octanol–water partition coefficient (Wildman–Crippen LogP) is 4.93. The molecule has 1 heterocycles. The molecule has 0 unspecified atom stereocenters. The van der Waals surface area contributed by atoms with Crippen LogP contribution < -0.4 is 4.74 Å². The molecule has 0 radical (unpaired) electrons. The monoisotopic (exact) mass is 318 g/mol. The lowest BCUT2D eigenvalue weighted by Gasteiger charge is -2.15. The summed E-state index contributed by atoms with van der Waals surface area (Å²) in [6.07, 6.45) is 1.51. The minimum atomic E-state index is -0.719. The van der Waals surface area contributed by atoms with Crippen LogP contribution in [-0.4, -0.2) is 17.2 Å². The Morgan fingerprint density at radius 1 is 1.23 bits per heavy atom. The second-order valence-corrected chi connectivity index (χ2v) is 7.86. The summed E-state index contributed by atoms with van der Waals surface area (Å²) in [5.41, 5.74) is 0.200. The molecule has 118 valence electrons. The first-order chi connectivity index (χ1) is 10.3. The zero-order valence-corrected chi connectivity index (χ0v) is 14.3. The van der Waals surface area contributed by atoms with Crippen molar-refractivity contribution < 1.29 is 14.6 Å². The second kappa shape index (κ2) is 5.27. The third-order valence-electron chi connectivity index (χ3n) is 4.26. The normalized spacial score (nSPS) is 16.5. The molecule has 22 heavy (non-hydrogen) atoms. The molecule has 1 aromatic carbocycles. The van der Waals surface area contributed by atoms with Gasteiger partial charge >= 0.3 is 5.97 Å². The topological polar surface area (TPSA) is 46.5 Å². The van der Waals surface area contributed by atoms with Crippen LogP contribution in [-0.2, 0) is 10.2 Å². The minimum absolute atomic E-state index is 0.0702. The van der Waals surface area contributed by atoms with Gasteiger partial charge in [0.25, 0.3) is 0 Å². The summed E-state index contributed by atoms with van der Waals surface area (Å²) < 4.78 is 7.11. The number of rotatable bonds is 5. The minimum Gasteiger partial charge on any atom is -0.490 e. The van der Waals surface area contributed by atoms with E-state index in [4.69, 9.17) is 4.74 Å². The van der Waals surface area contributed by atoms with Gasteiger partial charge < -0.3 is 9.84 Å². The first-order valence-corrected chi connectivity index (χ1v) is 8.63. The fourth-order valence-electron chi connectivity index (χ4n) is 2.79. The van der Waals surface area contributed by atoms with Gasteiger partial charge in [0.2, 0.25) is 0 Å². The highest BCUT2D eigenvalue weighted by atomic mass is 32.1. The third kappa shape index (κ3) is 2.50. The summed E-state index contributed by atoms with van der Waals surface area (Å²) >= 11 is 1.74. The number of hydrogen-bond donors (Lipinski definition) is 1. The number of benzene rings is 1. The number of ether oxygens (including phenoxy) is 1. The highest BCUT2D eigenvalue weighted by molar-refractivity contribution is 7.19. The van der Waals surface area contributed by atoms with Gasteiger partial charge in [-0.2, -0.15) is 0 Å². The standard InChI is InChI=1S/C18H22O3S/c1-10(2)15-9-13-14(21-11(3)4)7-12(8-16(13)22-15)18(5-6-18)17(19)20/h7-11H,5-6H2,1-4H3,(H,19,20). The number of carbonyl (C=O) groups is 1. The maximum Gasteiger partial charge on any atom is 0.314 e. The van der Waals surface area contributed by atoms with E-state index >= 15 is 0 Å². The average Bonchev–Trinajstić information content (AvgIpc) is 3.11. The van der Waals surface area contributed by atoms with E-state index in [1.807, 2.05) is 19.9 Å². The molecule has 0 spiro atoms. The lowest BCUT2D eigenvalue weighted by Crippen LogP contribution is -2.19. The van der Waals surface area contributed by atoms with E-state index in [0.717, 1.165) is 34.2 Å². The molecule has 2 aromatic rings. The molecule has 1 aliphatic rings. The van der Waals surface area contributed by atoms with E-state index in [2.05, 4.69) is 26.0 Å². The van der Waals surface area contributed by atoms with Crippen molar-refractivity contribution in [3.05, 3.63) is 28.6 Å². The van der Waals surface area contributed by atoms with Gasteiger partial charge in [0.1, 0.15) is 5.75 Å².